The summed E-state index contributed by atoms with van der Waals surface area (Å²) in [5, 5.41) is 11.1. The number of nitro benzene ring substituents is 1. The van der Waals surface area contributed by atoms with Crippen LogP contribution < -0.4 is 0 Å². The molecule has 9 heteroatoms. The molecule has 0 spiro atoms. The Kier molecular flexibility index (Phi) is 6.58. The van der Waals surface area contributed by atoms with E-state index in [-0.39, 0.29) is 28.8 Å². The lowest BCUT2D eigenvalue weighted by Gasteiger charge is -2.15. The van der Waals surface area contributed by atoms with Gasteiger partial charge in [-0.1, -0.05) is 23.2 Å². The summed E-state index contributed by atoms with van der Waals surface area (Å²) < 4.78 is 9.58. The molecule has 0 amide bonds. The number of nitrogens with zero attached hydrogens (tertiary/aromatic N) is 1. The number of hydrogen-bond donors (Lipinski definition) is 0. The Labute approximate surface area is 136 Å². The van der Waals surface area contributed by atoms with Gasteiger partial charge in [0.15, 0.2) is 5.92 Å². The second-order valence-corrected chi connectivity index (χ2v) is 4.83. The number of benzene rings is 1. The van der Waals surface area contributed by atoms with Gasteiger partial charge in [0.25, 0.3) is 5.69 Å². The van der Waals surface area contributed by atoms with Crippen molar-refractivity contribution in [2.45, 2.75) is 19.8 Å². The summed E-state index contributed by atoms with van der Waals surface area (Å²) >= 11 is 11.6. The molecule has 22 heavy (non-hydrogen) atoms. The van der Waals surface area contributed by atoms with Crippen LogP contribution in [0.1, 0.15) is 25.3 Å². The van der Waals surface area contributed by atoms with Crippen LogP contribution >= 0.6 is 23.2 Å². The second kappa shape index (κ2) is 7.95. The van der Waals surface area contributed by atoms with Crippen molar-refractivity contribution in [1.29, 1.82) is 0 Å². The summed E-state index contributed by atoms with van der Waals surface area (Å²) in [4.78, 5) is 34.4. The molecule has 0 aliphatic heterocycles. The zero-order valence-corrected chi connectivity index (χ0v) is 13.3. The van der Waals surface area contributed by atoms with Crippen molar-refractivity contribution in [3.63, 3.8) is 0 Å². The van der Waals surface area contributed by atoms with Crippen LogP contribution in [-0.4, -0.2) is 30.1 Å². The van der Waals surface area contributed by atoms with Crippen molar-refractivity contribution in [1.82, 2.24) is 0 Å². The van der Waals surface area contributed by atoms with E-state index in [1.165, 1.54) is 0 Å². The molecule has 1 aromatic rings. The number of carbonyl (C=O) groups excluding carboxylic acids is 2. The molecule has 0 bridgehead atoms. The molecule has 0 heterocycles. The van der Waals surface area contributed by atoms with Gasteiger partial charge in [-0.25, -0.2) is 0 Å². The Morgan fingerprint density at radius 1 is 1.14 bits per heavy atom. The largest absolute Gasteiger partial charge is 0.465 e. The fourth-order valence-corrected chi connectivity index (χ4v) is 2.07. The Morgan fingerprint density at radius 2 is 1.59 bits per heavy atom. The molecular formula is C13H13Cl2NO6. The van der Waals surface area contributed by atoms with Gasteiger partial charge in [-0.05, 0) is 19.9 Å². The quantitative estimate of drug-likeness (QED) is 0.339. The third-order valence-corrected chi connectivity index (χ3v) is 3.34. The van der Waals surface area contributed by atoms with E-state index in [4.69, 9.17) is 32.7 Å². The van der Waals surface area contributed by atoms with Crippen LogP contribution in [0.25, 0.3) is 0 Å². The molecule has 0 aliphatic rings. The standard InChI is InChI=1S/C13H13Cl2NO6/c1-3-21-12(17)11(13(18)22-4-2)7-5-8(14)9(15)6-10(7)16(19)20/h5-6,11H,3-4H2,1-2H3. The molecule has 0 aromatic heterocycles. The Hall–Kier alpha value is -1.86. The normalized spacial score (nSPS) is 10.4. The summed E-state index contributed by atoms with van der Waals surface area (Å²) in [7, 11) is 0. The van der Waals surface area contributed by atoms with Crippen molar-refractivity contribution < 1.29 is 24.0 Å². The van der Waals surface area contributed by atoms with Crippen LogP contribution in [0, 0.1) is 10.1 Å². The maximum Gasteiger partial charge on any atom is 0.325 e. The minimum atomic E-state index is -1.60. The van der Waals surface area contributed by atoms with Crippen molar-refractivity contribution in [3.8, 4) is 0 Å². The first-order valence-electron chi connectivity index (χ1n) is 6.30. The molecule has 1 rings (SSSR count). The summed E-state index contributed by atoms with van der Waals surface area (Å²) in [6, 6.07) is 2.07. The number of rotatable bonds is 6. The van der Waals surface area contributed by atoms with Gasteiger partial charge in [-0.2, -0.15) is 0 Å². The molecule has 0 saturated heterocycles. The zero-order valence-electron chi connectivity index (χ0n) is 11.8. The Morgan fingerprint density at radius 3 is 2.00 bits per heavy atom. The van der Waals surface area contributed by atoms with E-state index in [9.17, 15) is 19.7 Å². The average Bonchev–Trinajstić information content (AvgIpc) is 2.43. The van der Waals surface area contributed by atoms with Gasteiger partial charge in [-0.15, -0.1) is 0 Å². The van der Waals surface area contributed by atoms with E-state index in [1.807, 2.05) is 0 Å². The smallest absolute Gasteiger partial charge is 0.325 e. The van der Waals surface area contributed by atoms with E-state index in [1.54, 1.807) is 13.8 Å². The van der Waals surface area contributed by atoms with Gasteiger partial charge in [0.2, 0.25) is 0 Å². The number of carbonyl (C=O) groups is 2. The van der Waals surface area contributed by atoms with Crippen LogP contribution in [0.5, 0.6) is 0 Å². The van der Waals surface area contributed by atoms with E-state index < -0.39 is 28.5 Å². The molecule has 0 atom stereocenters. The summed E-state index contributed by atoms with van der Waals surface area (Å²) in [5.74, 6) is -3.51. The third-order valence-electron chi connectivity index (χ3n) is 2.62. The highest BCUT2D eigenvalue weighted by Crippen LogP contribution is 2.35. The lowest BCUT2D eigenvalue weighted by molar-refractivity contribution is -0.385. The average molecular weight is 350 g/mol. The van der Waals surface area contributed by atoms with Crippen LogP contribution in [0.3, 0.4) is 0 Å². The monoisotopic (exact) mass is 349 g/mol. The molecule has 120 valence electrons. The molecule has 0 N–H and O–H groups in total. The zero-order chi connectivity index (χ0) is 16.9. The lowest BCUT2D eigenvalue weighted by Crippen LogP contribution is -2.27. The second-order valence-electron chi connectivity index (χ2n) is 4.02. The predicted molar refractivity (Wildman–Crippen MR) is 79.1 cm³/mol. The fraction of sp³-hybridized carbons (Fsp3) is 0.385. The number of halogens is 2. The van der Waals surface area contributed by atoms with Crippen LogP contribution in [0.2, 0.25) is 10.0 Å². The van der Waals surface area contributed by atoms with Gasteiger partial charge < -0.3 is 9.47 Å². The highest BCUT2D eigenvalue weighted by Gasteiger charge is 2.37. The Balaban J connectivity index is 3.47. The van der Waals surface area contributed by atoms with Crippen LogP contribution in [0.4, 0.5) is 5.69 Å². The van der Waals surface area contributed by atoms with Crippen molar-refractivity contribution in [2.24, 2.45) is 0 Å². The van der Waals surface area contributed by atoms with Crippen LogP contribution in [0.15, 0.2) is 12.1 Å². The summed E-state index contributed by atoms with van der Waals surface area (Å²) in [6.45, 7) is 3.10. The predicted octanol–water partition coefficient (Wildman–Crippen LogP) is 3.11. The molecule has 0 radical (unpaired) electrons. The minimum Gasteiger partial charge on any atom is -0.465 e. The number of hydrogen-bond acceptors (Lipinski definition) is 6. The SMILES string of the molecule is CCOC(=O)C(C(=O)OCC)c1cc(Cl)c(Cl)cc1[N+](=O)[O-]. The van der Waals surface area contributed by atoms with Crippen LogP contribution in [-0.2, 0) is 19.1 Å². The van der Waals surface area contributed by atoms with Crippen molar-refractivity contribution >= 4 is 40.8 Å². The molecule has 1 aromatic carbocycles. The first kappa shape index (κ1) is 18.2. The highest BCUT2D eigenvalue weighted by molar-refractivity contribution is 6.42. The van der Waals surface area contributed by atoms with E-state index in [0.717, 1.165) is 12.1 Å². The Bertz CT molecular complexity index is 586. The number of ether oxygens (including phenoxy) is 2. The maximum atomic E-state index is 12.0. The molecule has 7 nitrogen and oxygen atoms in total. The van der Waals surface area contributed by atoms with E-state index in [2.05, 4.69) is 0 Å². The fourth-order valence-electron chi connectivity index (χ4n) is 1.74. The van der Waals surface area contributed by atoms with Crippen molar-refractivity contribution in [3.05, 3.63) is 37.9 Å². The molecule has 0 aliphatic carbocycles. The summed E-state index contributed by atoms with van der Waals surface area (Å²) in [6.07, 6.45) is 0. The summed E-state index contributed by atoms with van der Waals surface area (Å²) in [5.41, 5.74) is -0.739. The van der Waals surface area contributed by atoms with Gasteiger partial charge in [0.1, 0.15) is 0 Å². The molecule has 0 fully saturated rings. The van der Waals surface area contributed by atoms with Gasteiger partial charge >= 0.3 is 11.9 Å². The first-order valence-corrected chi connectivity index (χ1v) is 7.05. The maximum absolute atomic E-state index is 12.0. The molecule has 0 saturated carbocycles. The minimum absolute atomic E-state index is 0.00383. The van der Waals surface area contributed by atoms with Gasteiger partial charge in [0, 0.05) is 6.07 Å². The lowest BCUT2D eigenvalue weighted by atomic mass is 9.97. The van der Waals surface area contributed by atoms with Crippen molar-refractivity contribution in [2.75, 3.05) is 13.2 Å². The van der Waals surface area contributed by atoms with E-state index in [0.29, 0.717) is 0 Å². The van der Waals surface area contributed by atoms with Gasteiger partial charge in [0.05, 0.1) is 33.7 Å². The highest BCUT2D eigenvalue weighted by atomic mass is 35.5. The third kappa shape index (κ3) is 4.08. The number of esters is 2. The van der Waals surface area contributed by atoms with E-state index >= 15 is 0 Å². The van der Waals surface area contributed by atoms with Gasteiger partial charge in [-0.3, -0.25) is 19.7 Å². The first-order chi connectivity index (χ1) is 10.3. The topological polar surface area (TPSA) is 95.7 Å². The molecule has 0 unspecified atom stereocenters. The molecular weight excluding hydrogens is 337 g/mol. The number of nitro groups is 1.